The Morgan fingerprint density at radius 3 is 2.52 bits per heavy atom. The van der Waals surface area contributed by atoms with Crippen molar-refractivity contribution in [3.8, 4) is 5.75 Å². The van der Waals surface area contributed by atoms with Crippen molar-refractivity contribution >= 4 is 23.4 Å². The molecule has 1 aliphatic carbocycles. The monoisotopic (exact) mass is 442 g/mol. The van der Waals surface area contributed by atoms with Gasteiger partial charge in [-0.3, -0.25) is 9.59 Å². The van der Waals surface area contributed by atoms with Gasteiger partial charge in [0, 0.05) is 17.6 Å². The minimum absolute atomic E-state index is 0.0816. The van der Waals surface area contributed by atoms with Gasteiger partial charge < -0.3 is 15.0 Å². The van der Waals surface area contributed by atoms with Crippen LogP contribution in [0.5, 0.6) is 5.75 Å². The van der Waals surface area contributed by atoms with Gasteiger partial charge in [-0.15, -0.1) is 0 Å². The first kappa shape index (κ1) is 23.1. The van der Waals surface area contributed by atoms with Crippen LogP contribution in [0.15, 0.2) is 48.5 Å². The Bertz CT molecular complexity index is 879. The summed E-state index contributed by atoms with van der Waals surface area (Å²) >= 11 is 5.92. The highest BCUT2D eigenvalue weighted by Gasteiger charge is 2.30. The van der Waals surface area contributed by atoms with Gasteiger partial charge in [0.05, 0.1) is 0 Å². The van der Waals surface area contributed by atoms with E-state index in [0.29, 0.717) is 23.7 Å². The molecule has 1 aliphatic rings. The second kappa shape index (κ2) is 11.2. The van der Waals surface area contributed by atoms with E-state index in [4.69, 9.17) is 16.3 Å². The first-order valence-corrected chi connectivity index (χ1v) is 11.4. The van der Waals surface area contributed by atoms with Gasteiger partial charge in [-0.25, -0.2) is 0 Å². The van der Waals surface area contributed by atoms with Crippen LogP contribution >= 0.6 is 11.6 Å². The lowest BCUT2D eigenvalue weighted by Crippen LogP contribution is -2.52. The van der Waals surface area contributed by atoms with Crippen molar-refractivity contribution in [2.45, 2.75) is 64.6 Å². The predicted octanol–water partition coefficient (Wildman–Crippen LogP) is 4.89. The molecule has 0 saturated heterocycles. The normalized spacial score (nSPS) is 14.8. The number of carbonyl (C=O) groups excluding carboxylic acids is 2. The van der Waals surface area contributed by atoms with Crippen LogP contribution in [0.4, 0.5) is 0 Å². The van der Waals surface area contributed by atoms with Crippen LogP contribution in [0.25, 0.3) is 0 Å². The molecule has 2 amide bonds. The highest BCUT2D eigenvalue weighted by Crippen LogP contribution is 2.20. The van der Waals surface area contributed by atoms with Crippen molar-refractivity contribution in [2.24, 2.45) is 0 Å². The molecule has 0 spiro atoms. The number of rotatable bonds is 9. The minimum atomic E-state index is -0.539. The summed E-state index contributed by atoms with van der Waals surface area (Å²) in [6, 6.07) is 14.6. The Morgan fingerprint density at radius 2 is 1.87 bits per heavy atom. The van der Waals surface area contributed by atoms with Crippen LogP contribution in [-0.4, -0.2) is 35.4 Å². The van der Waals surface area contributed by atoms with Crippen molar-refractivity contribution in [1.29, 1.82) is 0 Å². The molecule has 5 nitrogen and oxygen atoms in total. The summed E-state index contributed by atoms with van der Waals surface area (Å²) in [5.41, 5.74) is 2.11. The topological polar surface area (TPSA) is 58.6 Å². The molecule has 2 aromatic carbocycles. The zero-order chi connectivity index (χ0) is 22.2. The van der Waals surface area contributed by atoms with Crippen molar-refractivity contribution in [3.05, 3.63) is 64.7 Å². The largest absolute Gasteiger partial charge is 0.484 e. The van der Waals surface area contributed by atoms with Crippen molar-refractivity contribution in [1.82, 2.24) is 10.2 Å². The number of carbonyl (C=O) groups is 2. The van der Waals surface area contributed by atoms with E-state index >= 15 is 0 Å². The van der Waals surface area contributed by atoms with Crippen LogP contribution in [0, 0.1) is 6.92 Å². The first-order valence-electron chi connectivity index (χ1n) is 11.0. The molecule has 1 atom stereocenters. The summed E-state index contributed by atoms with van der Waals surface area (Å²) in [6.07, 6.45) is 4.84. The number of nitrogens with one attached hydrogen (secondary N) is 1. The molecule has 6 heteroatoms. The summed E-state index contributed by atoms with van der Waals surface area (Å²) in [4.78, 5) is 27.9. The average Bonchev–Trinajstić information content (AvgIpc) is 3.26. The average molecular weight is 443 g/mol. The molecule has 1 saturated carbocycles. The van der Waals surface area contributed by atoms with Crippen LogP contribution in [0.1, 0.15) is 50.2 Å². The van der Waals surface area contributed by atoms with Gasteiger partial charge in [0.15, 0.2) is 6.61 Å². The molecular weight excluding hydrogens is 412 g/mol. The lowest BCUT2D eigenvalue weighted by atomic mass is 10.1. The second-order valence-electron chi connectivity index (χ2n) is 8.17. The van der Waals surface area contributed by atoms with E-state index in [-0.39, 0.29) is 24.5 Å². The number of hydrogen-bond acceptors (Lipinski definition) is 3. The molecular formula is C25H31ClN2O3. The van der Waals surface area contributed by atoms with Gasteiger partial charge in [0.2, 0.25) is 5.91 Å². The number of halogens is 1. The maximum absolute atomic E-state index is 13.2. The van der Waals surface area contributed by atoms with Gasteiger partial charge in [0.1, 0.15) is 11.8 Å². The molecule has 0 unspecified atom stereocenters. The SMILES string of the molecule is CC[C@H](C(=O)NC1CCCC1)N(Cc1cccc(C)c1)C(=O)COc1ccc(Cl)cc1. The van der Waals surface area contributed by atoms with Crippen LogP contribution < -0.4 is 10.1 Å². The lowest BCUT2D eigenvalue weighted by Gasteiger charge is -2.31. The van der Waals surface area contributed by atoms with E-state index in [1.54, 1.807) is 29.2 Å². The minimum Gasteiger partial charge on any atom is -0.484 e. The van der Waals surface area contributed by atoms with Crippen LogP contribution in [0.3, 0.4) is 0 Å². The molecule has 2 aromatic rings. The van der Waals surface area contributed by atoms with Crippen molar-refractivity contribution < 1.29 is 14.3 Å². The Morgan fingerprint density at radius 1 is 1.16 bits per heavy atom. The number of aryl methyl sites for hydroxylation is 1. The molecule has 31 heavy (non-hydrogen) atoms. The Balaban J connectivity index is 1.75. The molecule has 3 rings (SSSR count). The summed E-state index contributed by atoms with van der Waals surface area (Å²) in [7, 11) is 0. The Kier molecular flexibility index (Phi) is 8.35. The Labute approximate surface area is 189 Å². The van der Waals surface area contributed by atoms with Gasteiger partial charge in [-0.2, -0.15) is 0 Å². The molecule has 1 fully saturated rings. The first-order chi connectivity index (χ1) is 15.0. The van der Waals surface area contributed by atoms with Crippen molar-refractivity contribution in [2.75, 3.05) is 6.61 Å². The lowest BCUT2D eigenvalue weighted by molar-refractivity contribution is -0.143. The van der Waals surface area contributed by atoms with Crippen LogP contribution in [-0.2, 0) is 16.1 Å². The molecule has 0 aromatic heterocycles. The van der Waals surface area contributed by atoms with Gasteiger partial charge in [-0.1, -0.05) is 61.2 Å². The third kappa shape index (κ3) is 6.73. The van der Waals surface area contributed by atoms with E-state index in [1.165, 1.54) is 0 Å². The van der Waals surface area contributed by atoms with E-state index < -0.39 is 6.04 Å². The van der Waals surface area contributed by atoms with E-state index in [9.17, 15) is 9.59 Å². The number of hydrogen-bond donors (Lipinski definition) is 1. The highest BCUT2D eigenvalue weighted by atomic mass is 35.5. The summed E-state index contributed by atoms with van der Waals surface area (Å²) < 4.78 is 5.69. The number of ether oxygens (including phenoxy) is 1. The van der Waals surface area contributed by atoms with Crippen molar-refractivity contribution in [3.63, 3.8) is 0 Å². The highest BCUT2D eigenvalue weighted by molar-refractivity contribution is 6.30. The molecule has 0 bridgehead atoms. The number of benzene rings is 2. The third-order valence-electron chi connectivity index (χ3n) is 5.70. The Hall–Kier alpha value is -2.53. The summed E-state index contributed by atoms with van der Waals surface area (Å²) in [5, 5.41) is 3.76. The summed E-state index contributed by atoms with van der Waals surface area (Å²) in [6.45, 7) is 4.18. The third-order valence-corrected chi connectivity index (χ3v) is 5.95. The van der Waals surface area contributed by atoms with E-state index in [1.807, 2.05) is 38.1 Å². The zero-order valence-corrected chi connectivity index (χ0v) is 19.0. The quantitative estimate of drug-likeness (QED) is 0.601. The van der Waals surface area contributed by atoms with E-state index in [2.05, 4.69) is 5.32 Å². The summed E-state index contributed by atoms with van der Waals surface area (Å²) in [5.74, 6) is 0.267. The molecule has 0 aliphatic heterocycles. The zero-order valence-electron chi connectivity index (χ0n) is 18.3. The van der Waals surface area contributed by atoms with Gasteiger partial charge >= 0.3 is 0 Å². The maximum atomic E-state index is 13.2. The fourth-order valence-corrected chi connectivity index (χ4v) is 4.18. The smallest absolute Gasteiger partial charge is 0.261 e. The molecule has 0 radical (unpaired) electrons. The fraction of sp³-hybridized carbons (Fsp3) is 0.440. The second-order valence-corrected chi connectivity index (χ2v) is 8.60. The number of nitrogens with zero attached hydrogens (tertiary/aromatic N) is 1. The van der Waals surface area contributed by atoms with Gasteiger partial charge in [-0.05, 0) is 56.0 Å². The van der Waals surface area contributed by atoms with Crippen LogP contribution in [0.2, 0.25) is 5.02 Å². The van der Waals surface area contributed by atoms with E-state index in [0.717, 1.165) is 36.8 Å². The van der Waals surface area contributed by atoms with Gasteiger partial charge in [0.25, 0.3) is 5.91 Å². The standard InChI is InChI=1S/C25H31ClN2O3/c1-3-23(25(30)27-21-9-4-5-10-21)28(16-19-8-6-7-18(2)15-19)24(29)17-31-22-13-11-20(26)12-14-22/h6-8,11-15,21,23H,3-5,9-10,16-17H2,1-2H3,(H,27,30)/t23-/m1/s1. The molecule has 1 N–H and O–H groups in total. The number of amides is 2. The fourth-order valence-electron chi connectivity index (χ4n) is 4.05. The predicted molar refractivity (Wildman–Crippen MR) is 123 cm³/mol. The molecule has 0 heterocycles. The maximum Gasteiger partial charge on any atom is 0.261 e. The molecule has 166 valence electrons.